The van der Waals surface area contributed by atoms with E-state index in [1.807, 2.05) is 13.8 Å². The molecule has 1 fully saturated rings. The Morgan fingerprint density at radius 1 is 0.864 bits per heavy atom. The Kier molecular flexibility index (Phi) is 7.34. The van der Waals surface area contributed by atoms with Crippen molar-refractivity contribution in [3.05, 3.63) is 0 Å². The van der Waals surface area contributed by atoms with Crippen LogP contribution in [0.2, 0.25) is 0 Å². The lowest BCUT2D eigenvalue weighted by atomic mass is 10.0. The molecule has 0 radical (unpaired) electrons. The van der Waals surface area contributed by atoms with Crippen LogP contribution in [-0.2, 0) is 19.2 Å². The van der Waals surface area contributed by atoms with Gasteiger partial charge in [0.15, 0.2) is 0 Å². The molecule has 0 aliphatic carbocycles. The summed E-state index contributed by atoms with van der Waals surface area (Å²) in [6.45, 7) is 4.69. The quantitative estimate of drug-likeness (QED) is 0.450. The number of nitrogens with one attached hydrogen (secondary N) is 4. The van der Waals surface area contributed by atoms with Gasteiger partial charge in [0, 0.05) is 25.9 Å². The number of amides is 4. The molecule has 1 heterocycles. The minimum absolute atomic E-state index is 0.150. The summed E-state index contributed by atoms with van der Waals surface area (Å²) < 4.78 is 0. The summed E-state index contributed by atoms with van der Waals surface area (Å²) in [7, 11) is 0. The third-order valence-electron chi connectivity index (χ3n) is 3.33. The second-order valence-corrected chi connectivity index (χ2v) is 5.11. The normalized spacial score (nSPS) is 20.8. The molecule has 2 unspecified atom stereocenters. The smallest absolute Gasteiger partial charge is 0.243 e. The topological polar surface area (TPSA) is 116 Å². The highest BCUT2D eigenvalue weighted by Gasteiger charge is 2.33. The van der Waals surface area contributed by atoms with Crippen LogP contribution in [0.1, 0.15) is 39.5 Å². The van der Waals surface area contributed by atoms with Crippen LogP contribution in [-0.4, -0.2) is 48.8 Å². The molecule has 4 amide bonds. The number of rotatable bonds is 8. The second-order valence-electron chi connectivity index (χ2n) is 5.11. The van der Waals surface area contributed by atoms with Crippen molar-refractivity contribution in [2.45, 2.75) is 51.6 Å². The zero-order valence-electron chi connectivity index (χ0n) is 13.0. The van der Waals surface area contributed by atoms with Gasteiger partial charge in [-0.15, -0.1) is 0 Å². The van der Waals surface area contributed by atoms with Crippen molar-refractivity contribution in [1.82, 2.24) is 21.3 Å². The van der Waals surface area contributed by atoms with Gasteiger partial charge in [-0.05, 0) is 26.7 Å². The lowest BCUT2D eigenvalue weighted by Crippen LogP contribution is -2.61. The van der Waals surface area contributed by atoms with Crippen LogP contribution in [0.5, 0.6) is 0 Å². The molecule has 8 heteroatoms. The molecule has 0 aromatic rings. The Balaban J connectivity index is 2.40. The minimum Gasteiger partial charge on any atom is -0.356 e. The maximum atomic E-state index is 11.9. The van der Waals surface area contributed by atoms with E-state index in [0.717, 1.165) is 0 Å². The van der Waals surface area contributed by atoms with Crippen molar-refractivity contribution in [3.63, 3.8) is 0 Å². The average molecular weight is 312 g/mol. The molecule has 0 saturated carbocycles. The van der Waals surface area contributed by atoms with E-state index in [9.17, 15) is 19.2 Å². The molecule has 0 spiro atoms. The molecule has 8 nitrogen and oxygen atoms in total. The predicted molar refractivity (Wildman–Crippen MR) is 79.7 cm³/mol. The lowest BCUT2D eigenvalue weighted by molar-refractivity contribution is -0.137. The molecule has 0 aromatic carbocycles. The molecular weight excluding hydrogens is 288 g/mol. The summed E-state index contributed by atoms with van der Waals surface area (Å²) in [5.41, 5.74) is 0. The van der Waals surface area contributed by atoms with E-state index in [2.05, 4.69) is 21.3 Å². The SMILES string of the molecule is CCNC(=O)CCC1NC(=O)C(CCC(=O)NCC)NC1=O. The van der Waals surface area contributed by atoms with Crippen molar-refractivity contribution in [2.75, 3.05) is 13.1 Å². The summed E-state index contributed by atoms with van der Waals surface area (Å²) in [5, 5.41) is 10.5. The van der Waals surface area contributed by atoms with E-state index in [0.29, 0.717) is 13.1 Å². The first-order valence-corrected chi connectivity index (χ1v) is 7.62. The van der Waals surface area contributed by atoms with Gasteiger partial charge in [0.05, 0.1) is 0 Å². The number of hydrogen-bond donors (Lipinski definition) is 4. The van der Waals surface area contributed by atoms with Gasteiger partial charge in [-0.2, -0.15) is 0 Å². The van der Waals surface area contributed by atoms with Gasteiger partial charge >= 0.3 is 0 Å². The molecule has 1 aliphatic heterocycles. The zero-order valence-corrected chi connectivity index (χ0v) is 13.0. The van der Waals surface area contributed by atoms with E-state index in [1.54, 1.807) is 0 Å². The van der Waals surface area contributed by atoms with Crippen LogP contribution in [0.15, 0.2) is 0 Å². The Labute approximate surface area is 129 Å². The fraction of sp³-hybridized carbons (Fsp3) is 0.714. The van der Waals surface area contributed by atoms with Crippen molar-refractivity contribution in [1.29, 1.82) is 0 Å². The number of carbonyl (C=O) groups excluding carboxylic acids is 4. The number of hydrogen-bond acceptors (Lipinski definition) is 4. The number of piperazine rings is 1. The van der Waals surface area contributed by atoms with Crippen LogP contribution < -0.4 is 21.3 Å². The highest BCUT2D eigenvalue weighted by Crippen LogP contribution is 2.08. The third kappa shape index (κ3) is 5.71. The summed E-state index contributed by atoms with van der Waals surface area (Å²) in [5.74, 6) is -0.930. The minimum atomic E-state index is -0.698. The van der Waals surface area contributed by atoms with Crippen LogP contribution in [0.3, 0.4) is 0 Å². The predicted octanol–water partition coefficient (Wildman–Crippen LogP) is -1.20. The first-order chi connectivity index (χ1) is 10.5. The van der Waals surface area contributed by atoms with Crippen LogP contribution in [0, 0.1) is 0 Å². The Bertz CT molecular complexity index is 399. The van der Waals surface area contributed by atoms with Gasteiger partial charge in [0.1, 0.15) is 12.1 Å². The highest BCUT2D eigenvalue weighted by atomic mass is 16.2. The van der Waals surface area contributed by atoms with Crippen molar-refractivity contribution in [2.24, 2.45) is 0 Å². The van der Waals surface area contributed by atoms with Gasteiger partial charge in [0.2, 0.25) is 23.6 Å². The Morgan fingerprint density at radius 3 is 1.55 bits per heavy atom. The summed E-state index contributed by atoms with van der Waals surface area (Å²) >= 11 is 0. The van der Waals surface area contributed by atoms with Crippen molar-refractivity contribution >= 4 is 23.6 Å². The zero-order chi connectivity index (χ0) is 16.5. The van der Waals surface area contributed by atoms with E-state index >= 15 is 0 Å². The molecule has 22 heavy (non-hydrogen) atoms. The lowest BCUT2D eigenvalue weighted by Gasteiger charge is -2.29. The molecule has 1 aliphatic rings. The summed E-state index contributed by atoms with van der Waals surface area (Å²) in [6.07, 6.45) is 0.866. The highest BCUT2D eigenvalue weighted by molar-refractivity contribution is 5.97. The fourth-order valence-corrected chi connectivity index (χ4v) is 2.20. The van der Waals surface area contributed by atoms with Crippen LogP contribution >= 0.6 is 0 Å². The maximum Gasteiger partial charge on any atom is 0.243 e. The van der Waals surface area contributed by atoms with Crippen molar-refractivity contribution in [3.8, 4) is 0 Å². The molecule has 2 atom stereocenters. The summed E-state index contributed by atoms with van der Waals surface area (Å²) in [6, 6.07) is -1.40. The molecule has 124 valence electrons. The molecule has 1 rings (SSSR count). The molecular formula is C14H24N4O4. The summed E-state index contributed by atoms with van der Waals surface area (Å²) in [4.78, 5) is 46.6. The van der Waals surface area contributed by atoms with Crippen LogP contribution in [0.25, 0.3) is 0 Å². The molecule has 0 aromatic heterocycles. The first kappa shape index (κ1) is 17.9. The largest absolute Gasteiger partial charge is 0.356 e. The van der Waals surface area contributed by atoms with Gasteiger partial charge in [0.25, 0.3) is 0 Å². The van der Waals surface area contributed by atoms with Gasteiger partial charge in [-0.1, -0.05) is 0 Å². The number of carbonyl (C=O) groups is 4. The van der Waals surface area contributed by atoms with Crippen molar-refractivity contribution < 1.29 is 19.2 Å². The van der Waals surface area contributed by atoms with Crippen LogP contribution in [0.4, 0.5) is 0 Å². The van der Waals surface area contributed by atoms with Gasteiger partial charge < -0.3 is 21.3 Å². The molecule has 4 N–H and O–H groups in total. The first-order valence-electron chi connectivity index (χ1n) is 7.62. The average Bonchev–Trinajstić information content (AvgIpc) is 2.47. The Hall–Kier alpha value is -2.12. The fourth-order valence-electron chi connectivity index (χ4n) is 2.20. The van der Waals surface area contributed by atoms with Gasteiger partial charge in [-0.25, -0.2) is 0 Å². The van der Waals surface area contributed by atoms with Gasteiger partial charge in [-0.3, -0.25) is 19.2 Å². The second kappa shape index (κ2) is 9.01. The molecule has 0 bridgehead atoms. The van der Waals surface area contributed by atoms with E-state index in [-0.39, 0.29) is 49.3 Å². The molecule has 1 saturated heterocycles. The van der Waals surface area contributed by atoms with E-state index in [1.165, 1.54) is 0 Å². The Morgan fingerprint density at radius 2 is 1.23 bits per heavy atom. The standard InChI is InChI=1S/C14H24N4O4/c1-3-15-11(19)7-5-9-13(21)18-10(14(22)17-9)6-8-12(20)16-4-2/h9-10H,3-8H2,1-2H3,(H,15,19)(H,16,20)(H,17,22)(H,18,21). The maximum absolute atomic E-state index is 11.9. The van der Waals surface area contributed by atoms with E-state index < -0.39 is 12.1 Å². The monoisotopic (exact) mass is 312 g/mol. The van der Waals surface area contributed by atoms with E-state index in [4.69, 9.17) is 0 Å². The third-order valence-corrected chi connectivity index (χ3v) is 3.33.